The fourth-order valence-corrected chi connectivity index (χ4v) is 4.85. The molecule has 1 unspecified atom stereocenters. The highest BCUT2D eigenvalue weighted by molar-refractivity contribution is 6.42. The lowest BCUT2D eigenvalue weighted by Gasteiger charge is -2.29. The topological polar surface area (TPSA) is 36.4 Å². The summed E-state index contributed by atoms with van der Waals surface area (Å²) < 4.78 is 53.0. The molecule has 4 rings (SSSR count). The van der Waals surface area contributed by atoms with Crippen molar-refractivity contribution in [3.63, 3.8) is 0 Å². The third-order valence-corrected chi connectivity index (χ3v) is 7.18. The van der Waals surface area contributed by atoms with Crippen LogP contribution in [0.25, 0.3) is 0 Å². The second kappa shape index (κ2) is 10.4. The summed E-state index contributed by atoms with van der Waals surface area (Å²) in [5.74, 6) is -1.65. The van der Waals surface area contributed by atoms with Crippen LogP contribution in [0.2, 0.25) is 10.0 Å². The first-order chi connectivity index (χ1) is 16.9. The Balaban J connectivity index is 1.61. The van der Waals surface area contributed by atoms with Gasteiger partial charge in [-0.1, -0.05) is 35.3 Å². The molecule has 0 spiro atoms. The van der Waals surface area contributed by atoms with Crippen molar-refractivity contribution in [2.45, 2.75) is 31.6 Å². The number of alkyl halides is 3. The molecule has 2 atom stereocenters. The summed E-state index contributed by atoms with van der Waals surface area (Å²) in [7, 11) is 1.80. The lowest BCUT2D eigenvalue weighted by atomic mass is 9.93. The largest absolute Gasteiger partial charge is 0.419 e. The van der Waals surface area contributed by atoms with Crippen LogP contribution in [0.5, 0.6) is 0 Å². The van der Waals surface area contributed by atoms with Gasteiger partial charge in [-0.2, -0.15) is 13.2 Å². The maximum absolute atomic E-state index is 14.2. The van der Waals surface area contributed by atoms with Gasteiger partial charge in [-0.15, -0.1) is 0 Å². The van der Waals surface area contributed by atoms with Crippen LogP contribution in [0.1, 0.15) is 38.7 Å². The first-order valence-electron chi connectivity index (χ1n) is 11.2. The molecule has 190 valence electrons. The summed E-state index contributed by atoms with van der Waals surface area (Å²) in [6.45, 7) is 2.77. The van der Waals surface area contributed by atoms with E-state index < -0.39 is 17.6 Å². The van der Waals surface area contributed by atoms with Crippen molar-refractivity contribution in [1.29, 1.82) is 0 Å². The second-order valence-electron chi connectivity index (χ2n) is 8.97. The van der Waals surface area contributed by atoms with Gasteiger partial charge in [0, 0.05) is 43.5 Å². The number of nitrogens with zero attached hydrogens (tertiary/aromatic N) is 3. The molecule has 0 radical (unpaired) electrons. The number of pyridine rings is 1. The van der Waals surface area contributed by atoms with Crippen molar-refractivity contribution in [3.05, 3.63) is 98.5 Å². The predicted octanol–water partition coefficient (Wildman–Crippen LogP) is 6.59. The van der Waals surface area contributed by atoms with Gasteiger partial charge in [0.25, 0.3) is 5.91 Å². The molecule has 0 bridgehead atoms. The first kappa shape index (κ1) is 26.4. The SMILES string of the molecule is Cc1ccc(C(=O)N2CC(N(C)Cc3ccc(C(F)(F)F)c(F)c3)[C@@H](c3ccc(Cl)c(Cl)c3)C2)cn1. The molecular weight excluding hydrogens is 517 g/mol. The van der Waals surface area contributed by atoms with Crippen LogP contribution >= 0.6 is 23.2 Å². The molecule has 1 amide bonds. The molecule has 1 aliphatic rings. The third-order valence-electron chi connectivity index (χ3n) is 6.44. The highest BCUT2D eigenvalue weighted by atomic mass is 35.5. The number of aryl methyl sites for hydroxylation is 1. The van der Waals surface area contributed by atoms with Crippen LogP contribution in [0, 0.1) is 12.7 Å². The van der Waals surface area contributed by atoms with Gasteiger partial charge in [-0.3, -0.25) is 14.7 Å². The number of likely N-dealkylation sites (N-methyl/N-ethyl adjacent to an activating group) is 1. The van der Waals surface area contributed by atoms with E-state index in [1.165, 1.54) is 12.3 Å². The number of amides is 1. The highest BCUT2D eigenvalue weighted by Crippen LogP contribution is 2.36. The fourth-order valence-electron chi connectivity index (χ4n) is 4.54. The lowest BCUT2D eigenvalue weighted by molar-refractivity contribution is -0.140. The van der Waals surface area contributed by atoms with Gasteiger partial charge in [0.05, 0.1) is 21.2 Å². The second-order valence-corrected chi connectivity index (χ2v) is 9.79. The van der Waals surface area contributed by atoms with Gasteiger partial charge in [0.15, 0.2) is 0 Å². The van der Waals surface area contributed by atoms with Crippen molar-refractivity contribution >= 4 is 29.1 Å². The summed E-state index contributed by atoms with van der Waals surface area (Å²) in [6, 6.07) is 11.5. The number of likely N-dealkylation sites (tertiary alicyclic amines) is 1. The van der Waals surface area contributed by atoms with Crippen LogP contribution in [0.15, 0.2) is 54.7 Å². The van der Waals surface area contributed by atoms with E-state index in [-0.39, 0.29) is 24.4 Å². The van der Waals surface area contributed by atoms with Crippen LogP contribution < -0.4 is 0 Å². The standard InChI is InChI=1S/C26H23Cl2F4N3O/c1-15-3-5-18(11-33-15)25(36)35-13-19(17-6-8-21(27)22(28)10-17)24(14-35)34(2)12-16-4-7-20(23(29)9-16)26(30,31)32/h3-11,19,24H,12-14H2,1-2H3/t19-,24?/m1/s1. The van der Waals surface area contributed by atoms with Gasteiger partial charge < -0.3 is 4.90 Å². The number of carbonyl (C=O) groups is 1. The van der Waals surface area contributed by atoms with Crippen LogP contribution in [-0.2, 0) is 12.7 Å². The number of carbonyl (C=O) groups excluding carboxylic acids is 1. The molecule has 4 nitrogen and oxygen atoms in total. The number of aromatic nitrogens is 1. The number of hydrogen-bond donors (Lipinski definition) is 0. The monoisotopic (exact) mass is 539 g/mol. The summed E-state index contributed by atoms with van der Waals surface area (Å²) >= 11 is 12.4. The average Bonchev–Trinajstić information content (AvgIpc) is 3.26. The summed E-state index contributed by atoms with van der Waals surface area (Å²) in [4.78, 5) is 21.1. The Morgan fingerprint density at radius 3 is 2.44 bits per heavy atom. The quantitative estimate of drug-likeness (QED) is 0.343. The molecule has 0 aliphatic carbocycles. The summed E-state index contributed by atoms with van der Waals surface area (Å²) in [5.41, 5.74) is 1.22. The van der Waals surface area contributed by atoms with Crippen LogP contribution in [0.3, 0.4) is 0 Å². The molecule has 36 heavy (non-hydrogen) atoms. The molecule has 1 saturated heterocycles. The number of halogens is 6. The normalized spacial score (nSPS) is 18.2. The van der Waals surface area contributed by atoms with Crippen molar-refractivity contribution in [2.75, 3.05) is 20.1 Å². The Morgan fingerprint density at radius 2 is 1.83 bits per heavy atom. The Morgan fingerprint density at radius 1 is 1.08 bits per heavy atom. The molecule has 0 saturated carbocycles. The van der Waals surface area contributed by atoms with E-state index in [0.717, 1.165) is 23.4 Å². The molecular formula is C26H23Cl2F4N3O. The van der Waals surface area contributed by atoms with E-state index in [2.05, 4.69) is 4.98 Å². The zero-order chi connectivity index (χ0) is 26.2. The maximum atomic E-state index is 14.2. The van der Waals surface area contributed by atoms with Crippen molar-refractivity contribution in [1.82, 2.24) is 14.8 Å². The fraction of sp³-hybridized carbons (Fsp3) is 0.308. The van der Waals surface area contributed by atoms with Crippen LogP contribution in [0.4, 0.5) is 17.6 Å². The minimum absolute atomic E-state index is 0.161. The molecule has 1 aliphatic heterocycles. The molecule has 10 heteroatoms. The van der Waals surface area contributed by atoms with Crippen LogP contribution in [-0.4, -0.2) is 46.9 Å². The summed E-state index contributed by atoms with van der Waals surface area (Å²) in [5, 5.41) is 0.787. The van der Waals surface area contributed by atoms with E-state index >= 15 is 0 Å². The third kappa shape index (κ3) is 5.66. The van der Waals surface area contributed by atoms with Gasteiger partial charge >= 0.3 is 6.18 Å². The van der Waals surface area contributed by atoms with Gasteiger partial charge in [0.1, 0.15) is 5.82 Å². The average molecular weight is 540 g/mol. The predicted molar refractivity (Wildman–Crippen MR) is 131 cm³/mol. The smallest absolute Gasteiger partial charge is 0.336 e. The van der Waals surface area contributed by atoms with Gasteiger partial charge in [-0.05, 0) is 61.5 Å². The maximum Gasteiger partial charge on any atom is 0.419 e. The Bertz CT molecular complexity index is 1270. The zero-order valence-electron chi connectivity index (χ0n) is 19.5. The van der Waals surface area contributed by atoms with E-state index in [1.807, 2.05) is 17.9 Å². The minimum atomic E-state index is -4.76. The molecule has 2 heterocycles. The van der Waals surface area contributed by atoms with Gasteiger partial charge in [-0.25, -0.2) is 4.39 Å². The van der Waals surface area contributed by atoms with E-state index in [9.17, 15) is 22.4 Å². The lowest BCUT2D eigenvalue weighted by Crippen LogP contribution is -2.38. The Labute approximate surface area is 216 Å². The van der Waals surface area contributed by atoms with Crippen molar-refractivity contribution in [3.8, 4) is 0 Å². The zero-order valence-corrected chi connectivity index (χ0v) is 21.0. The van der Waals surface area contributed by atoms with E-state index in [0.29, 0.717) is 34.3 Å². The van der Waals surface area contributed by atoms with E-state index in [4.69, 9.17) is 23.2 Å². The number of rotatable bonds is 5. The molecule has 3 aromatic rings. The van der Waals surface area contributed by atoms with Gasteiger partial charge in [0.2, 0.25) is 0 Å². The molecule has 2 aromatic carbocycles. The summed E-state index contributed by atoms with van der Waals surface area (Å²) in [6.07, 6.45) is -3.22. The number of benzene rings is 2. The first-order valence-corrected chi connectivity index (χ1v) is 11.9. The molecule has 0 N–H and O–H groups in total. The van der Waals surface area contributed by atoms with Crippen molar-refractivity contribution in [2.24, 2.45) is 0 Å². The van der Waals surface area contributed by atoms with E-state index in [1.54, 1.807) is 36.2 Å². The highest BCUT2D eigenvalue weighted by Gasteiger charge is 2.39. The Hall–Kier alpha value is -2.68. The molecule has 1 fully saturated rings. The minimum Gasteiger partial charge on any atom is -0.336 e. The number of hydrogen-bond acceptors (Lipinski definition) is 3. The van der Waals surface area contributed by atoms with Crippen molar-refractivity contribution < 1.29 is 22.4 Å². The Kier molecular flexibility index (Phi) is 7.59. The molecule has 1 aromatic heterocycles.